The van der Waals surface area contributed by atoms with E-state index in [4.69, 9.17) is 9.47 Å². The van der Waals surface area contributed by atoms with Crippen LogP contribution in [0.4, 0.5) is 15.8 Å². The van der Waals surface area contributed by atoms with Crippen LogP contribution in [-0.2, 0) is 11.3 Å². The fourth-order valence-corrected chi connectivity index (χ4v) is 2.34. The number of ether oxygens (including phenoxy) is 2. The first-order valence-corrected chi connectivity index (χ1v) is 8.43. The molecule has 3 rings (SSSR count). The maximum Gasteiger partial charge on any atom is 0.305 e. The van der Waals surface area contributed by atoms with E-state index in [0.29, 0.717) is 24.6 Å². The van der Waals surface area contributed by atoms with Gasteiger partial charge in [-0.05, 0) is 18.2 Å². The molecule has 2 aromatic carbocycles. The van der Waals surface area contributed by atoms with E-state index >= 15 is 0 Å². The van der Waals surface area contributed by atoms with Crippen LogP contribution in [0.3, 0.4) is 0 Å². The summed E-state index contributed by atoms with van der Waals surface area (Å²) in [6, 6.07) is 9.83. The van der Waals surface area contributed by atoms with Gasteiger partial charge in [0.15, 0.2) is 6.61 Å². The van der Waals surface area contributed by atoms with Crippen molar-refractivity contribution in [2.45, 2.75) is 6.54 Å². The summed E-state index contributed by atoms with van der Waals surface area (Å²) < 4.78 is 26.0. The van der Waals surface area contributed by atoms with E-state index in [0.717, 1.165) is 12.1 Å². The van der Waals surface area contributed by atoms with Crippen LogP contribution in [0.2, 0.25) is 0 Å². The van der Waals surface area contributed by atoms with E-state index in [1.807, 2.05) is 0 Å². The zero-order valence-corrected chi connectivity index (χ0v) is 15.0. The predicted molar refractivity (Wildman–Crippen MR) is 99.1 cm³/mol. The average molecular weight is 401 g/mol. The van der Waals surface area contributed by atoms with Crippen LogP contribution in [0.15, 0.2) is 55.1 Å². The number of nitro groups is 1. The highest BCUT2D eigenvalue weighted by atomic mass is 19.1. The van der Waals surface area contributed by atoms with E-state index in [-0.39, 0.29) is 5.75 Å². The topological polar surface area (TPSA) is 121 Å². The minimum absolute atomic E-state index is 0.00782. The smallest absolute Gasteiger partial charge is 0.305 e. The molecule has 0 spiro atoms. The number of halogens is 1. The molecule has 1 aromatic heterocycles. The number of carbonyl (C=O) groups is 1. The molecule has 0 aliphatic carbocycles. The Hall–Kier alpha value is -4.02. The van der Waals surface area contributed by atoms with Crippen molar-refractivity contribution in [3.63, 3.8) is 0 Å². The van der Waals surface area contributed by atoms with Crippen molar-refractivity contribution in [1.82, 2.24) is 14.8 Å². The Kier molecular flexibility index (Phi) is 6.30. The molecule has 0 aliphatic heterocycles. The highest BCUT2D eigenvalue weighted by Crippen LogP contribution is 2.22. The van der Waals surface area contributed by atoms with Crippen LogP contribution in [0.1, 0.15) is 0 Å². The van der Waals surface area contributed by atoms with Crippen molar-refractivity contribution in [3.8, 4) is 11.5 Å². The lowest BCUT2D eigenvalue weighted by molar-refractivity contribution is -0.387. The largest absolute Gasteiger partial charge is 0.492 e. The average Bonchev–Trinajstić information content (AvgIpc) is 3.20. The molecular weight excluding hydrogens is 385 g/mol. The van der Waals surface area contributed by atoms with Crippen molar-refractivity contribution < 1.29 is 23.6 Å². The maximum atomic E-state index is 13.6. The second-order valence-electron chi connectivity index (χ2n) is 5.74. The molecule has 1 amide bonds. The van der Waals surface area contributed by atoms with Gasteiger partial charge in [0.05, 0.1) is 11.5 Å². The van der Waals surface area contributed by atoms with Crippen LogP contribution in [-0.4, -0.2) is 38.8 Å². The summed E-state index contributed by atoms with van der Waals surface area (Å²) in [6.45, 7) is 0.500. The fourth-order valence-electron chi connectivity index (χ4n) is 2.34. The predicted octanol–water partition coefficient (Wildman–Crippen LogP) is 2.42. The summed E-state index contributed by atoms with van der Waals surface area (Å²) in [5.41, 5.74) is -0.172. The van der Waals surface area contributed by atoms with E-state index < -0.39 is 28.9 Å². The maximum absolute atomic E-state index is 13.6. The lowest BCUT2D eigenvalue weighted by Crippen LogP contribution is -2.20. The molecule has 0 bridgehead atoms. The molecule has 0 saturated heterocycles. The van der Waals surface area contributed by atoms with Crippen LogP contribution >= 0.6 is 0 Å². The number of nitro benzene ring substituents is 1. The molecule has 0 unspecified atom stereocenters. The number of amides is 1. The van der Waals surface area contributed by atoms with Crippen LogP contribution in [0.25, 0.3) is 0 Å². The third-order valence-corrected chi connectivity index (χ3v) is 3.66. The number of benzene rings is 2. The van der Waals surface area contributed by atoms with Gasteiger partial charge in [-0.1, -0.05) is 6.07 Å². The number of nitrogens with zero attached hydrogens (tertiary/aromatic N) is 4. The molecule has 10 nitrogen and oxygen atoms in total. The Bertz CT molecular complexity index is 996. The van der Waals surface area contributed by atoms with Gasteiger partial charge >= 0.3 is 5.69 Å². The van der Waals surface area contributed by atoms with Gasteiger partial charge < -0.3 is 14.8 Å². The minimum atomic E-state index is -1.04. The second kappa shape index (κ2) is 9.26. The molecule has 1 heterocycles. The van der Waals surface area contributed by atoms with E-state index in [9.17, 15) is 19.3 Å². The van der Waals surface area contributed by atoms with Gasteiger partial charge in [0.2, 0.25) is 5.82 Å². The molecule has 0 saturated carbocycles. The third-order valence-electron chi connectivity index (χ3n) is 3.66. The van der Waals surface area contributed by atoms with Gasteiger partial charge in [-0.25, -0.2) is 9.67 Å². The van der Waals surface area contributed by atoms with Gasteiger partial charge in [0.1, 0.15) is 30.8 Å². The number of hydrogen-bond donors (Lipinski definition) is 1. The molecular formula is C18H16FN5O5. The van der Waals surface area contributed by atoms with Gasteiger partial charge in [-0.2, -0.15) is 9.49 Å². The Morgan fingerprint density at radius 2 is 2.03 bits per heavy atom. The first kappa shape index (κ1) is 19.7. The number of rotatable bonds is 9. The Labute approximate surface area is 164 Å². The monoisotopic (exact) mass is 401 g/mol. The molecule has 1 N–H and O–H groups in total. The first-order valence-electron chi connectivity index (χ1n) is 8.43. The van der Waals surface area contributed by atoms with Crippen LogP contribution in [0.5, 0.6) is 11.5 Å². The summed E-state index contributed by atoms with van der Waals surface area (Å²) in [4.78, 5) is 25.6. The first-order chi connectivity index (χ1) is 14.0. The quantitative estimate of drug-likeness (QED) is 0.432. The molecule has 11 heteroatoms. The Morgan fingerprint density at radius 3 is 2.76 bits per heavy atom. The highest BCUT2D eigenvalue weighted by Gasteiger charge is 2.15. The van der Waals surface area contributed by atoms with Crippen molar-refractivity contribution in [3.05, 3.63) is 71.1 Å². The lowest BCUT2D eigenvalue weighted by atomic mass is 10.3. The summed E-state index contributed by atoms with van der Waals surface area (Å²) >= 11 is 0. The highest BCUT2D eigenvalue weighted by molar-refractivity contribution is 5.92. The number of carbonyl (C=O) groups excluding carboxylic acids is 1. The number of aromatic nitrogens is 3. The Balaban J connectivity index is 1.48. The molecule has 29 heavy (non-hydrogen) atoms. The SMILES string of the molecule is O=C(COc1ccc([N+](=O)[O-])c(F)c1)Nc1cccc(OCCn2cncn2)c1. The van der Waals surface area contributed by atoms with Crippen LogP contribution < -0.4 is 14.8 Å². The van der Waals surface area contributed by atoms with Crippen molar-refractivity contribution >= 4 is 17.3 Å². The number of hydrogen-bond acceptors (Lipinski definition) is 7. The van der Waals surface area contributed by atoms with Gasteiger partial charge in [0, 0.05) is 23.9 Å². The van der Waals surface area contributed by atoms with E-state index in [2.05, 4.69) is 15.4 Å². The molecule has 0 radical (unpaired) electrons. The summed E-state index contributed by atoms with van der Waals surface area (Å²) in [6.07, 6.45) is 3.01. The van der Waals surface area contributed by atoms with Crippen LogP contribution in [0, 0.1) is 15.9 Å². The van der Waals surface area contributed by atoms with Crippen molar-refractivity contribution in [1.29, 1.82) is 0 Å². The summed E-state index contributed by atoms with van der Waals surface area (Å²) in [7, 11) is 0. The van der Waals surface area contributed by atoms with Gasteiger partial charge in [-0.15, -0.1) is 0 Å². The molecule has 3 aromatic rings. The van der Waals surface area contributed by atoms with E-state index in [1.54, 1.807) is 35.3 Å². The molecule has 0 fully saturated rings. The summed E-state index contributed by atoms with van der Waals surface area (Å²) in [5, 5.41) is 17.2. The summed E-state index contributed by atoms with van der Waals surface area (Å²) in [5.74, 6) is -0.957. The van der Waals surface area contributed by atoms with Crippen molar-refractivity contribution in [2.75, 3.05) is 18.5 Å². The van der Waals surface area contributed by atoms with E-state index in [1.165, 1.54) is 12.4 Å². The number of nitrogens with one attached hydrogen (secondary N) is 1. The standard InChI is InChI=1S/C18H16FN5O5/c19-16-9-15(4-5-17(16)24(26)27)29-10-18(25)22-13-2-1-3-14(8-13)28-7-6-23-12-20-11-21-23/h1-5,8-9,11-12H,6-7,10H2,(H,22,25). The minimum Gasteiger partial charge on any atom is -0.492 e. The molecule has 150 valence electrons. The molecule has 0 aliphatic rings. The van der Waals surface area contributed by atoms with Crippen molar-refractivity contribution in [2.24, 2.45) is 0 Å². The fraction of sp³-hybridized carbons (Fsp3) is 0.167. The Morgan fingerprint density at radius 1 is 1.21 bits per heavy atom. The lowest BCUT2D eigenvalue weighted by Gasteiger charge is -2.10. The van der Waals surface area contributed by atoms with Gasteiger partial charge in [0.25, 0.3) is 5.91 Å². The van der Waals surface area contributed by atoms with Gasteiger partial charge in [-0.3, -0.25) is 14.9 Å². The molecule has 0 atom stereocenters. The zero-order chi connectivity index (χ0) is 20.6. The third kappa shape index (κ3) is 5.73. The zero-order valence-electron chi connectivity index (χ0n) is 15.0. The normalized spacial score (nSPS) is 10.4. The number of anilines is 1. The second-order valence-corrected chi connectivity index (χ2v) is 5.74.